The number of fused-ring (bicyclic) bond motifs is 1. The normalized spacial score (nSPS) is 11.0. The first-order chi connectivity index (χ1) is 10.6. The third-order valence-electron chi connectivity index (χ3n) is 3.74. The molecule has 2 rings (SSSR count). The zero-order valence-corrected chi connectivity index (χ0v) is 13.3. The standard InChI is InChI=1S/C18H24N2O2/c1-19(2)12-6-13-20(14-11-18(21)22)17-10-5-8-15-7-3-4-9-16(15)17/h3-5,7-10H,6,11-14H2,1-2H3,(H,21,22). The van der Waals surface area contributed by atoms with Crippen LogP contribution in [0.25, 0.3) is 10.8 Å². The van der Waals surface area contributed by atoms with Gasteiger partial charge in [-0.15, -0.1) is 0 Å². The lowest BCUT2D eigenvalue weighted by Gasteiger charge is -2.26. The van der Waals surface area contributed by atoms with E-state index < -0.39 is 5.97 Å². The summed E-state index contributed by atoms with van der Waals surface area (Å²) in [5, 5.41) is 11.4. The van der Waals surface area contributed by atoms with Crippen molar-refractivity contribution in [2.45, 2.75) is 12.8 Å². The van der Waals surface area contributed by atoms with Crippen LogP contribution >= 0.6 is 0 Å². The number of rotatable bonds is 8. The molecule has 0 atom stereocenters. The fraction of sp³-hybridized carbons (Fsp3) is 0.389. The Hall–Kier alpha value is -2.07. The van der Waals surface area contributed by atoms with E-state index in [9.17, 15) is 4.79 Å². The molecule has 0 bridgehead atoms. The summed E-state index contributed by atoms with van der Waals surface area (Å²) in [6, 6.07) is 14.5. The lowest BCUT2D eigenvalue weighted by molar-refractivity contribution is -0.136. The van der Waals surface area contributed by atoms with Crippen LogP contribution in [0, 0.1) is 0 Å². The number of anilines is 1. The quantitative estimate of drug-likeness (QED) is 0.813. The molecule has 0 fully saturated rings. The predicted molar refractivity (Wildman–Crippen MR) is 91.6 cm³/mol. The molecule has 0 heterocycles. The summed E-state index contributed by atoms with van der Waals surface area (Å²) >= 11 is 0. The van der Waals surface area contributed by atoms with Gasteiger partial charge in [0.15, 0.2) is 0 Å². The van der Waals surface area contributed by atoms with E-state index in [4.69, 9.17) is 5.11 Å². The van der Waals surface area contributed by atoms with Gasteiger partial charge in [0.2, 0.25) is 0 Å². The fourth-order valence-electron chi connectivity index (χ4n) is 2.65. The molecule has 0 saturated carbocycles. The van der Waals surface area contributed by atoms with Gasteiger partial charge in [-0.05, 0) is 38.5 Å². The third-order valence-corrected chi connectivity index (χ3v) is 3.74. The van der Waals surface area contributed by atoms with Crippen LogP contribution < -0.4 is 4.90 Å². The van der Waals surface area contributed by atoms with Gasteiger partial charge in [0, 0.05) is 24.2 Å². The lowest BCUT2D eigenvalue weighted by Crippen LogP contribution is -2.29. The van der Waals surface area contributed by atoms with Crippen molar-refractivity contribution in [3.63, 3.8) is 0 Å². The zero-order chi connectivity index (χ0) is 15.9. The van der Waals surface area contributed by atoms with Crippen molar-refractivity contribution in [1.29, 1.82) is 0 Å². The summed E-state index contributed by atoms with van der Waals surface area (Å²) in [4.78, 5) is 15.3. The van der Waals surface area contributed by atoms with E-state index in [-0.39, 0.29) is 6.42 Å². The van der Waals surface area contributed by atoms with Crippen molar-refractivity contribution >= 4 is 22.4 Å². The van der Waals surface area contributed by atoms with Crippen LogP contribution in [-0.4, -0.2) is 49.7 Å². The van der Waals surface area contributed by atoms with Crippen LogP contribution in [0.3, 0.4) is 0 Å². The second-order valence-electron chi connectivity index (χ2n) is 5.79. The van der Waals surface area contributed by atoms with E-state index in [0.29, 0.717) is 6.54 Å². The maximum Gasteiger partial charge on any atom is 0.305 e. The molecule has 4 heteroatoms. The van der Waals surface area contributed by atoms with Gasteiger partial charge in [0.25, 0.3) is 0 Å². The molecule has 1 N–H and O–H groups in total. The molecule has 0 aliphatic rings. The summed E-state index contributed by atoms with van der Waals surface area (Å²) < 4.78 is 0. The van der Waals surface area contributed by atoms with E-state index in [2.05, 4.69) is 48.2 Å². The minimum Gasteiger partial charge on any atom is -0.481 e. The number of hydrogen-bond acceptors (Lipinski definition) is 3. The molecule has 2 aromatic rings. The second-order valence-corrected chi connectivity index (χ2v) is 5.79. The van der Waals surface area contributed by atoms with Gasteiger partial charge >= 0.3 is 5.97 Å². The largest absolute Gasteiger partial charge is 0.481 e. The van der Waals surface area contributed by atoms with Crippen LogP contribution in [0.15, 0.2) is 42.5 Å². The molecule has 2 aromatic carbocycles. The van der Waals surface area contributed by atoms with Crippen LogP contribution in [-0.2, 0) is 4.79 Å². The Morgan fingerprint density at radius 3 is 2.45 bits per heavy atom. The van der Waals surface area contributed by atoms with E-state index in [0.717, 1.165) is 25.2 Å². The van der Waals surface area contributed by atoms with E-state index >= 15 is 0 Å². The smallest absolute Gasteiger partial charge is 0.305 e. The minimum absolute atomic E-state index is 0.158. The molecular weight excluding hydrogens is 276 g/mol. The lowest BCUT2D eigenvalue weighted by atomic mass is 10.1. The number of carboxylic acid groups (broad SMARTS) is 1. The van der Waals surface area contributed by atoms with Gasteiger partial charge in [-0.25, -0.2) is 0 Å². The van der Waals surface area contributed by atoms with E-state index in [1.165, 1.54) is 10.8 Å². The summed E-state index contributed by atoms with van der Waals surface area (Å²) in [6.07, 6.45) is 1.17. The Balaban J connectivity index is 2.23. The highest BCUT2D eigenvalue weighted by molar-refractivity contribution is 5.94. The molecule has 22 heavy (non-hydrogen) atoms. The van der Waals surface area contributed by atoms with Crippen molar-refractivity contribution in [1.82, 2.24) is 4.90 Å². The van der Waals surface area contributed by atoms with E-state index in [1.54, 1.807) is 0 Å². The number of aliphatic carboxylic acids is 1. The molecule has 0 aliphatic carbocycles. The van der Waals surface area contributed by atoms with Crippen LogP contribution in [0.5, 0.6) is 0 Å². The highest BCUT2D eigenvalue weighted by Gasteiger charge is 2.11. The first-order valence-corrected chi connectivity index (χ1v) is 7.67. The maximum absolute atomic E-state index is 10.9. The monoisotopic (exact) mass is 300 g/mol. The summed E-state index contributed by atoms with van der Waals surface area (Å²) in [6.45, 7) is 2.39. The Kier molecular flexibility index (Phi) is 5.78. The summed E-state index contributed by atoms with van der Waals surface area (Å²) in [5.41, 5.74) is 1.12. The highest BCUT2D eigenvalue weighted by Crippen LogP contribution is 2.27. The predicted octanol–water partition coefficient (Wildman–Crippen LogP) is 3.07. The molecule has 0 saturated heterocycles. The molecule has 0 spiro atoms. The van der Waals surface area contributed by atoms with Gasteiger partial charge < -0.3 is 14.9 Å². The molecule has 0 aromatic heterocycles. The van der Waals surface area contributed by atoms with Crippen LogP contribution in [0.1, 0.15) is 12.8 Å². The van der Waals surface area contributed by atoms with Crippen molar-refractivity contribution < 1.29 is 9.90 Å². The first kappa shape index (κ1) is 16.3. The molecule has 0 radical (unpaired) electrons. The minimum atomic E-state index is -0.752. The SMILES string of the molecule is CN(C)CCCN(CCC(=O)O)c1cccc2ccccc12. The number of carbonyl (C=O) groups is 1. The molecule has 0 amide bonds. The Bertz CT molecular complexity index is 620. The van der Waals surface area contributed by atoms with E-state index in [1.807, 2.05) is 18.2 Å². The molecule has 0 unspecified atom stereocenters. The Morgan fingerprint density at radius 1 is 1.00 bits per heavy atom. The third kappa shape index (κ3) is 4.46. The second kappa shape index (κ2) is 7.80. The molecule has 4 nitrogen and oxygen atoms in total. The molecule has 0 aliphatic heterocycles. The average molecular weight is 300 g/mol. The Labute approximate surface area is 132 Å². The van der Waals surface area contributed by atoms with Gasteiger partial charge in [0.05, 0.1) is 6.42 Å². The van der Waals surface area contributed by atoms with Crippen LogP contribution in [0.2, 0.25) is 0 Å². The highest BCUT2D eigenvalue weighted by atomic mass is 16.4. The first-order valence-electron chi connectivity index (χ1n) is 7.67. The number of hydrogen-bond donors (Lipinski definition) is 1. The fourth-order valence-corrected chi connectivity index (χ4v) is 2.65. The van der Waals surface area contributed by atoms with Crippen molar-refractivity contribution in [3.8, 4) is 0 Å². The average Bonchev–Trinajstić information content (AvgIpc) is 2.50. The van der Waals surface area contributed by atoms with Gasteiger partial charge in [-0.3, -0.25) is 4.79 Å². The summed E-state index contributed by atoms with van der Waals surface area (Å²) in [7, 11) is 4.11. The maximum atomic E-state index is 10.9. The van der Waals surface area contributed by atoms with Crippen molar-refractivity contribution in [2.24, 2.45) is 0 Å². The molecular formula is C18H24N2O2. The number of nitrogens with zero attached hydrogens (tertiary/aromatic N) is 2. The van der Waals surface area contributed by atoms with Crippen LogP contribution in [0.4, 0.5) is 5.69 Å². The van der Waals surface area contributed by atoms with Gasteiger partial charge in [-0.1, -0.05) is 36.4 Å². The Morgan fingerprint density at radius 2 is 1.73 bits per heavy atom. The summed E-state index contributed by atoms with van der Waals surface area (Å²) in [5.74, 6) is -0.752. The van der Waals surface area contributed by atoms with Crippen molar-refractivity contribution in [2.75, 3.05) is 38.6 Å². The molecule has 118 valence electrons. The van der Waals surface area contributed by atoms with Gasteiger partial charge in [0.1, 0.15) is 0 Å². The van der Waals surface area contributed by atoms with Gasteiger partial charge in [-0.2, -0.15) is 0 Å². The van der Waals surface area contributed by atoms with Crippen molar-refractivity contribution in [3.05, 3.63) is 42.5 Å². The number of benzene rings is 2. The number of carboxylic acids is 1. The zero-order valence-electron chi connectivity index (χ0n) is 13.3. The topological polar surface area (TPSA) is 43.8 Å².